The second-order valence-electron chi connectivity index (χ2n) is 5.87. The second-order valence-corrected chi connectivity index (χ2v) is 6.86. The number of thioether (sulfide) groups is 1. The first-order chi connectivity index (χ1) is 11.0. The van der Waals surface area contributed by atoms with Crippen molar-refractivity contribution in [3.63, 3.8) is 0 Å². The second kappa shape index (κ2) is 8.36. The summed E-state index contributed by atoms with van der Waals surface area (Å²) in [5.74, 6) is 0.254. The average molecular weight is 337 g/mol. The Balaban J connectivity index is 1.86. The Bertz CT molecular complexity index is 563. The van der Waals surface area contributed by atoms with Gasteiger partial charge in [-0.2, -0.15) is 0 Å². The highest BCUT2D eigenvalue weighted by Crippen LogP contribution is 2.24. The Labute approximate surface area is 141 Å². The first kappa shape index (κ1) is 17.8. The van der Waals surface area contributed by atoms with Crippen molar-refractivity contribution in [1.82, 2.24) is 4.90 Å². The van der Waals surface area contributed by atoms with Gasteiger partial charge in [-0.3, -0.25) is 9.59 Å². The molecule has 1 fully saturated rings. The van der Waals surface area contributed by atoms with Crippen LogP contribution in [0, 0.1) is 6.92 Å². The molecule has 126 valence electrons. The van der Waals surface area contributed by atoms with Gasteiger partial charge in [0.15, 0.2) is 0 Å². The normalized spacial score (nSPS) is 20.7. The molecule has 0 aromatic heterocycles. The lowest BCUT2D eigenvalue weighted by molar-refractivity contribution is -0.139. The van der Waals surface area contributed by atoms with E-state index in [2.05, 4.69) is 12.1 Å². The van der Waals surface area contributed by atoms with Crippen LogP contribution in [-0.2, 0) is 20.1 Å². The predicted molar refractivity (Wildman–Crippen MR) is 90.5 cm³/mol. The summed E-state index contributed by atoms with van der Waals surface area (Å²) in [7, 11) is 1.60. The highest BCUT2D eigenvalue weighted by Gasteiger charge is 2.36. The van der Waals surface area contributed by atoms with Crippen molar-refractivity contribution in [3.8, 4) is 0 Å². The molecule has 0 spiro atoms. The lowest BCUT2D eigenvalue weighted by Crippen LogP contribution is -2.38. The van der Waals surface area contributed by atoms with Crippen molar-refractivity contribution in [2.75, 3.05) is 19.4 Å². The van der Waals surface area contributed by atoms with Crippen LogP contribution in [0.1, 0.15) is 24.0 Å². The van der Waals surface area contributed by atoms with Gasteiger partial charge >= 0.3 is 5.97 Å². The van der Waals surface area contributed by atoms with Gasteiger partial charge in [0.2, 0.25) is 5.91 Å². The molecule has 0 radical (unpaired) electrons. The number of aliphatic carboxylic acids is 1. The average Bonchev–Trinajstić information content (AvgIpc) is 2.89. The summed E-state index contributed by atoms with van der Waals surface area (Å²) in [6.45, 7) is 2.53. The van der Waals surface area contributed by atoms with Crippen molar-refractivity contribution in [2.45, 2.75) is 37.7 Å². The number of benzene rings is 1. The lowest BCUT2D eigenvalue weighted by atomic mass is 10.1. The minimum atomic E-state index is -0.878. The highest BCUT2D eigenvalue weighted by atomic mass is 32.2. The number of carbonyl (C=O) groups is 2. The molecule has 0 aliphatic carbocycles. The van der Waals surface area contributed by atoms with Gasteiger partial charge < -0.3 is 14.7 Å². The van der Waals surface area contributed by atoms with E-state index in [1.54, 1.807) is 23.8 Å². The minimum absolute atomic E-state index is 0.00606. The maximum absolute atomic E-state index is 12.4. The SMILES string of the molecule is COC1CC(CC(=O)O)N(C(=O)CSCc2cccc(C)c2)C1. The predicted octanol–water partition coefficient (Wildman–Crippen LogP) is 2.32. The lowest BCUT2D eigenvalue weighted by Gasteiger charge is -2.23. The Kier molecular flexibility index (Phi) is 6.47. The molecule has 1 aliphatic heterocycles. The fraction of sp³-hybridized carbons (Fsp3) is 0.529. The number of likely N-dealkylation sites (tertiary alicyclic amines) is 1. The van der Waals surface area contributed by atoms with Gasteiger partial charge in [-0.25, -0.2) is 0 Å². The smallest absolute Gasteiger partial charge is 0.305 e. The molecule has 1 heterocycles. The van der Waals surface area contributed by atoms with Gasteiger partial charge in [-0.1, -0.05) is 29.8 Å². The van der Waals surface area contributed by atoms with Gasteiger partial charge in [-0.05, 0) is 18.9 Å². The molecule has 1 aromatic rings. The molecule has 2 rings (SSSR count). The number of rotatable bonds is 7. The largest absolute Gasteiger partial charge is 0.481 e. The molecule has 2 unspecified atom stereocenters. The van der Waals surface area contributed by atoms with E-state index in [1.807, 2.05) is 19.1 Å². The molecule has 6 heteroatoms. The third-order valence-corrected chi connectivity index (χ3v) is 5.01. The summed E-state index contributed by atoms with van der Waals surface area (Å²) in [5.41, 5.74) is 2.40. The van der Waals surface area contributed by atoms with Crippen LogP contribution in [0.3, 0.4) is 0 Å². The fourth-order valence-electron chi connectivity index (χ4n) is 2.89. The summed E-state index contributed by atoms with van der Waals surface area (Å²) in [6, 6.07) is 7.96. The van der Waals surface area contributed by atoms with Crippen molar-refractivity contribution in [2.24, 2.45) is 0 Å². The van der Waals surface area contributed by atoms with Crippen molar-refractivity contribution < 1.29 is 19.4 Å². The zero-order valence-electron chi connectivity index (χ0n) is 13.5. The first-order valence-electron chi connectivity index (χ1n) is 7.67. The van der Waals surface area contributed by atoms with E-state index in [9.17, 15) is 9.59 Å². The van der Waals surface area contributed by atoms with Crippen LogP contribution in [0.25, 0.3) is 0 Å². The van der Waals surface area contributed by atoms with Crippen LogP contribution in [0.4, 0.5) is 0 Å². The van der Waals surface area contributed by atoms with Crippen LogP contribution < -0.4 is 0 Å². The Hall–Kier alpha value is -1.53. The summed E-state index contributed by atoms with van der Waals surface area (Å²) >= 11 is 1.56. The summed E-state index contributed by atoms with van der Waals surface area (Å²) in [5, 5.41) is 9.00. The third kappa shape index (κ3) is 5.25. The quantitative estimate of drug-likeness (QED) is 0.827. The first-order valence-corrected chi connectivity index (χ1v) is 8.82. The molecule has 1 aromatic carbocycles. The molecule has 1 amide bonds. The number of hydrogen-bond acceptors (Lipinski definition) is 4. The number of carboxylic acids is 1. The Morgan fingerprint density at radius 3 is 2.87 bits per heavy atom. The van der Waals surface area contributed by atoms with Crippen molar-refractivity contribution in [1.29, 1.82) is 0 Å². The number of carbonyl (C=O) groups excluding carboxylic acids is 1. The standard InChI is InChI=1S/C17H23NO4S/c1-12-4-3-5-13(6-12)10-23-11-16(19)18-9-15(22-2)7-14(18)8-17(20)21/h3-6,14-15H,7-11H2,1-2H3,(H,20,21). The molecule has 1 saturated heterocycles. The summed E-state index contributed by atoms with van der Waals surface area (Å²) in [4.78, 5) is 25.1. The number of nitrogens with zero attached hydrogens (tertiary/aromatic N) is 1. The number of carboxylic acid groups (broad SMARTS) is 1. The number of amides is 1. The van der Waals surface area contributed by atoms with Gasteiger partial charge in [0.25, 0.3) is 0 Å². The zero-order chi connectivity index (χ0) is 16.8. The van der Waals surface area contributed by atoms with Crippen LogP contribution in [0.2, 0.25) is 0 Å². The van der Waals surface area contributed by atoms with E-state index in [-0.39, 0.29) is 24.5 Å². The fourth-order valence-corrected chi connectivity index (χ4v) is 3.74. The van der Waals surface area contributed by atoms with Crippen LogP contribution in [0.5, 0.6) is 0 Å². The van der Waals surface area contributed by atoms with E-state index >= 15 is 0 Å². The number of methoxy groups -OCH3 is 1. The van der Waals surface area contributed by atoms with E-state index in [4.69, 9.17) is 9.84 Å². The summed E-state index contributed by atoms with van der Waals surface area (Å²) < 4.78 is 5.30. The number of hydrogen-bond donors (Lipinski definition) is 1. The van der Waals surface area contributed by atoms with Crippen LogP contribution in [-0.4, -0.2) is 53.4 Å². The Morgan fingerprint density at radius 1 is 1.43 bits per heavy atom. The molecule has 1 aliphatic rings. The molecule has 2 atom stereocenters. The minimum Gasteiger partial charge on any atom is -0.481 e. The molecule has 5 nitrogen and oxygen atoms in total. The summed E-state index contributed by atoms with van der Waals surface area (Å²) in [6.07, 6.45) is 0.510. The van der Waals surface area contributed by atoms with E-state index < -0.39 is 5.97 Å². The zero-order valence-corrected chi connectivity index (χ0v) is 14.3. The highest BCUT2D eigenvalue weighted by molar-refractivity contribution is 7.99. The van der Waals surface area contributed by atoms with Crippen LogP contribution in [0.15, 0.2) is 24.3 Å². The molecular formula is C17H23NO4S. The van der Waals surface area contributed by atoms with E-state index in [0.29, 0.717) is 18.7 Å². The molecule has 23 heavy (non-hydrogen) atoms. The van der Waals surface area contributed by atoms with Crippen molar-refractivity contribution in [3.05, 3.63) is 35.4 Å². The van der Waals surface area contributed by atoms with Gasteiger partial charge in [-0.15, -0.1) is 11.8 Å². The van der Waals surface area contributed by atoms with Gasteiger partial charge in [0, 0.05) is 25.4 Å². The Morgan fingerprint density at radius 2 is 2.22 bits per heavy atom. The third-order valence-electron chi connectivity index (χ3n) is 4.02. The maximum atomic E-state index is 12.4. The van der Waals surface area contributed by atoms with E-state index in [0.717, 1.165) is 5.75 Å². The van der Waals surface area contributed by atoms with E-state index in [1.165, 1.54) is 11.1 Å². The molecular weight excluding hydrogens is 314 g/mol. The van der Waals surface area contributed by atoms with Crippen LogP contribution >= 0.6 is 11.8 Å². The van der Waals surface area contributed by atoms with Crippen molar-refractivity contribution >= 4 is 23.6 Å². The monoisotopic (exact) mass is 337 g/mol. The molecule has 1 N–H and O–H groups in total. The van der Waals surface area contributed by atoms with Gasteiger partial charge in [0.1, 0.15) is 0 Å². The topological polar surface area (TPSA) is 66.8 Å². The maximum Gasteiger partial charge on any atom is 0.305 e. The van der Waals surface area contributed by atoms with Gasteiger partial charge in [0.05, 0.1) is 18.3 Å². The number of aryl methyl sites for hydroxylation is 1. The molecule has 0 bridgehead atoms. The number of ether oxygens (including phenoxy) is 1. The molecule has 0 saturated carbocycles.